The first-order chi connectivity index (χ1) is 13.2. The number of nitrogens with one attached hydrogen (secondary N) is 1. The van der Waals surface area contributed by atoms with Crippen molar-refractivity contribution in [3.63, 3.8) is 0 Å². The summed E-state index contributed by atoms with van der Waals surface area (Å²) in [7, 11) is 0. The maximum atomic E-state index is 11.4. The van der Waals surface area contributed by atoms with E-state index in [0.717, 1.165) is 38.1 Å². The van der Waals surface area contributed by atoms with E-state index in [-0.39, 0.29) is 5.78 Å². The highest BCUT2D eigenvalue weighted by Crippen LogP contribution is 2.44. The van der Waals surface area contributed by atoms with Gasteiger partial charge in [-0.3, -0.25) is 9.69 Å². The number of carbonyl (C=O) groups is 1. The summed E-state index contributed by atoms with van der Waals surface area (Å²) in [4.78, 5) is 17.5. The van der Waals surface area contributed by atoms with Gasteiger partial charge in [0.1, 0.15) is 0 Å². The number of likely N-dealkylation sites (tertiary alicyclic amines) is 1. The summed E-state index contributed by atoms with van der Waals surface area (Å²) in [5.74, 6) is 2.06. The van der Waals surface area contributed by atoms with Gasteiger partial charge in [0, 0.05) is 67.0 Å². The highest BCUT2D eigenvalue weighted by atomic mass is 16.5. The smallest absolute Gasteiger partial charge is 0.159 e. The lowest BCUT2D eigenvalue weighted by molar-refractivity contribution is -0.114. The number of ketones is 1. The lowest BCUT2D eigenvalue weighted by Crippen LogP contribution is -2.50. The molecule has 1 saturated heterocycles. The van der Waals surface area contributed by atoms with Crippen LogP contribution in [-0.2, 0) is 16.0 Å². The predicted octanol–water partition coefficient (Wildman–Crippen LogP) is 3.95. The van der Waals surface area contributed by atoms with E-state index in [1.807, 2.05) is 6.08 Å². The van der Waals surface area contributed by atoms with Crippen LogP contribution < -0.4 is 0 Å². The number of aromatic amines is 1. The van der Waals surface area contributed by atoms with E-state index in [4.69, 9.17) is 4.74 Å². The van der Waals surface area contributed by atoms with Crippen LogP contribution in [0.2, 0.25) is 0 Å². The third-order valence-corrected chi connectivity index (χ3v) is 6.47. The highest BCUT2D eigenvalue weighted by Gasteiger charge is 2.40. The van der Waals surface area contributed by atoms with Crippen molar-refractivity contribution in [1.29, 1.82) is 0 Å². The number of benzene rings is 1. The second kappa shape index (κ2) is 6.68. The van der Waals surface area contributed by atoms with Crippen LogP contribution in [0.5, 0.6) is 0 Å². The van der Waals surface area contributed by atoms with Gasteiger partial charge in [0.15, 0.2) is 5.78 Å². The molecule has 4 nitrogen and oxygen atoms in total. The van der Waals surface area contributed by atoms with Crippen molar-refractivity contribution in [2.75, 3.05) is 19.7 Å². The minimum Gasteiger partial charge on any atom is -0.497 e. The van der Waals surface area contributed by atoms with Crippen molar-refractivity contribution in [3.8, 4) is 0 Å². The first kappa shape index (κ1) is 16.8. The summed E-state index contributed by atoms with van der Waals surface area (Å²) in [6, 6.07) is 7.19. The molecule has 1 aliphatic heterocycles. The number of piperidine rings is 1. The Labute approximate surface area is 159 Å². The third-order valence-electron chi connectivity index (χ3n) is 6.47. The number of H-pyrrole nitrogens is 1. The van der Waals surface area contributed by atoms with Gasteiger partial charge in [-0.05, 0) is 30.0 Å². The van der Waals surface area contributed by atoms with E-state index >= 15 is 0 Å². The zero-order chi connectivity index (χ0) is 18.4. The average molecular weight is 362 g/mol. The number of hydrogen-bond acceptors (Lipinski definition) is 3. The molecule has 0 spiro atoms. The number of aromatic nitrogens is 1. The third kappa shape index (κ3) is 2.92. The zero-order valence-corrected chi connectivity index (χ0v) is 15.6. The number of ether oxygens (including phenoxy) is 1. The fourth-order valence-electron chi connectivity index (χ4n) is 5.30. The lowest BCUT2D eigenvalue weighted by Gasteiger charge is -2.46. The molecule has 0 radical (unpaired) electrons. The second-order valence-corrected chi connectivity index (χ2v) is 8.19. The minimum absolute atomic E-state index is 0.195. The molecular formula is C23H26N2O2. The summed E-state index contributed by atoms with van der Waals surface area (Å²) < 4.78 is 6.03. The number of fused-ring (bicyclic) bond motifs is 2. The largest absolute Gasteiger partial charge is 0.497 e. The topological polar surface area (TPSA) is 45.3 Å². The molecule has 0 saturated carbocycles. The molecule has 140 valence electrons. The Hall–Kier alpha value is -2.33. The monoisotopic (exact) mass is 362 g/mol. The van der Waals surface area contributed by atoms with Crippen molar-refractivity contribution < 1.29 is 9.53 Å². The quantitative estimate of drug-likeness (QED) is 0.819. The second-order valence-electron chi connectivity index (χ2n) is 8.19. The van der Waals surface area contributed by atoms with Gasteiger partial charge in [-0.1, -0.05) is 18.2 Å². The highest BCUT2D eigenvalue weighted by molar-refractivity contribution is 5.92. The summed E-state index contributed by atoms with van der Waals surface area (Å²) in [6.45, 7) is 6.63. The van der Waals surface area contributed by atoms with Crippen LogP contribution in [0.15, 0.2) is 48.9 Å². The Morgan fingerprint density at radius 3 is 3.07 bits per heavy atom. The van der Waals surface area contributed by atoms with Crippen molar-refractivity contribution >= 4 is 16.7 Å². The first-order valence-electron chi connectivity index (χ1n) is 10.0. The Balaban J connectivity index is 1.41. The maximum absolute atomic E-state index is 11.4. The molecular weight excluding hydrogens is 336 g/mol. The molecule has 1 aromatic carbocycles. The SMILES string of the molecule is C=CCN1CC(COC2=CC(=O)CC2)CC2c3cccc4[nH]cc(c34)C[C@H]21. The molecule has 4 heteroatoms. The van der Waals surface area contributed by atoms with Gasteiger partial charge in [-0.15, -0.1) is 6.58 Å². The molecule has 3 atom stereocenters. The van der Waals surface area contributed by atoms with Crippen molar-refractivity contribution in [1.82, 2.24) is 9.88 Å². The van der Waals surface area contributed by atoms with Gasteiger partial charge in [0.2, 0.25) is 0 Å². The van der Waals surface area contributed by atoms with Crippen molar-refractivity contribution in [3.05, 3.63) is 60.0 Å². The summed E-state index contributed by atoms with van der Waals surface area (Å²) in [5, 5.41) is 1.43. The van der Waals surface area contributed by atoms with Gasteiger partial charge in [0.25, 0.3) is 0 Å². The zero-order valence-electron chi connectivity index (χ0n) is 15.6. The van der Waals surface area contributed by atoms with E-state index in [9.17, 15) is 4.79 Å². The van der Waals surface area contributed by atoms with Crippen LogP contribution in [0.3, 0.4) is 0 Å². The van der Waals surface area contributed by atoms with Gasteiger partial charge in [-0.2, -0.15) is 0 Å². The van der Waals surface area contributed by atoms with E-state index < -0.39 is 0 Å². The minimum atomic E-state index is 0.195. The Morgan fingerprint density at radius 1 is 1.33 bits per heavy atom. The number of nitrogens with zero attached hydrogens (tertiary/aromatic N) is 1. The molecule has 2 aliphatic carbocycles. The summed E-state index contributed by atoms with van der Waals surface area (Å²) in [6.07, 6.45) is 9.50. The number of hydrogen-bond donors (Lipinski definition) is 1. The van der Waals surface area contributed by atoms with Crippen LogP contribution in [0, 0.1) is 5.92 Å². The van der Waals surface area contributed by atoms with E-state index in [2.05, 4.69) is 40.9 Å². The molecule has 1 fully saturated rings. The number of carbonyl (C=O) groups excluding carboxylic acids is 1. The number of allylic oxidation sites excluding steroid dienone is 2. The molecule has 2 heterocycles. The van der Waals surface area contributed by atoms with Gasteiger partial charge < -0.3 is 9.72 Å². The van der Waals surface area contributed by atoms with Crippen molar-refractivity contribution in [2.24, 2.45) is 5.92 Å². The number of rotatable bonds is 5. The summed E-state index contributed by atoms with van der Waals surface area (Å²) >= 11 is 0. The molecule has 0 bridgehead atoms. The molecule has 2 unspecified atom stereocenters. The Bertz CT molecular complexity index is 926. The molecule has 1 aromatic heterocycles. The first-order valence-corrected chi connectivity index (χ1v) is 10.0. The Kier molecular flexibility index (Phi) is 4.16. The fraction of sp³-hybridized carbons (Fsp3) is 0.435. The van der Waals surface area contributed by atoms with Gasteiger partial charge >= 0.3 is 0 Å². The molecule has 1 N–H and O–H groups in total. The maximum Gasteiger partial charge on any atom is 0.159 e. The van der Waals surface area contributed by atoms with Crippen LogP contribution in [0.1, 0.15) is 36.3 Å². The molecule has 27 heavy (non-hydrogen) atoms. The normalized spacial score (nSPS) is 27.5. The average Bonchev–Trinajstić information content (AvgIpc) is 3.28. The van der Waals surface area contributed by atoms with E-state index in [1.54, 1.807) is 6.08 Å². The van der Waals surface area contributed by atoms with Crippen LogP contribution in [0.4, 0.5) is 0 Å². The predicted molar refractivity (Wildman–Crippen MR) is 107 cm³/mol. The van der Waals surface area contributed by atoms with Crippen molar-refractivity contribution in [2.45, 2.75) is 37.6 Å². The molecule has 2 aromatic rings. The fourth-order valence-corrected chi connectivity index (χ4v) is 5.30. The summed E-state index contributed by atoms with van der Waals surface area (Å²) in [5.41, 5.74) is 4.18. The standard InChI is InChI=1S/C23H26N2O2/c1-2-8-25-13-15(14-27-18-7-6-17(26)11-18)9-20-19-4-3-5-21-23(19)16(12-24-21)10-22(20)25/h2-5,11-12,15,20,22,24H,1,6-10,13-14H2/t15?,20?,22-/m1/s1. The Morgan fingerprint density at radius 2 is 2.26 bits per heavy atom. The van der Waals surface area contributed by atoms with E-state index in [0.29, 0.717) is 30.9 Å². The molecule has 0 amide bonds. The van der Waals surface area contributed by atoms with Crippen LogP contribution >= 0.6 is 0 Å². The van der Waals surface area contributed by atoms with Gasteiger partial charge in [-0.25, -0.2) is 0 Å². The van der Waals surface area contributed by atoms with E-state index in [1.165, 1.54) is 22.0 Å². The molecule has 5 rings (SSSR count). The van der Waals surface area contributed by atoms with Crippen LogP contribution in [0.25, 0.3) is 10.9 Å². The lowest BCUT2D eigenvalue weighted by atomic mass is 9.72. The molecule has 3 aliphatic rings. The van der Waals surface area contributed by atoms with Gasteiger partial charge in [0.05, 0.1) is 12.4 Å². The van der Waals surface area contributed by atoms with Crippen LogP contribution in [-0.4, -0.2) is 41.4 Å².